The van der Waals surface area contributed by atoms with Crippen LogP contribution in [0, 0.1) is 6.92 Å². The van der Waals surface area contributed by atoms with E-state index in [-0.39, 0.29) is 11.7 Å². The van der Waals surface area contributed by atoms with Gasteiger partial charge >= 0.3 is 0 Å². The fourth-order valence-corrected chi connectivity index (χ4v) is 4.63. The zero-order chi connectivity index (χ0) is 22.1. The molecule has 0 saturated carbocycles. The van der Waals surface area contributed by atoms with E-state index in [1.165, 1.54) is 17.1 Å². The van der Waals surface area contributed by atoms with Crippen molar-refractivity contribution < 1.29 is 14.2 Å². The van der Waals surface area contributed by atoms with E-state index >= 15 is 0 Å². The second kappa shape index (κ2) is 8.51. The summed E-state index contributed by atoms with van der Waals surface area (Å²) in [6.07, 6.45) is 3.43. The minimum Gasteiger partial charge on any atom is -0.486 e. The number of aromatic nitrogens is 2. The van der Waals surface area contributed by atoms with Gasteiger partial charge in [-0.25, -0.2) is 4.98 Å². The van der Waals surface area contributed by atoms with Crippen LogP contribution in [0.4, 0.5) is 0 Å². The Morgan fingerprint density at radius 1 is 1.09 bits per heavy atom. The molecule has 0 fully saturated rings. The highest BCUT2D eigenvalue weighted by molar-refractivity contribution is 7.09. The van der Waals surface area contributed by atoms with Crippen LogP contribution in [-0.2, 0) is 6.42 Å². The van der Waals surface area contributed by atoms with Gasteiger partial charge in [-0.05, 0) is 66.8 Å². The smallest absolute Gasteiger partial charge is 0.258 e. The fourth-order valence-electron chi connectivity index (χ4n) is 3.94. The standard InChI is InChI=1S/C25H22N2O4S/c1-15-12-25(29-2)26-14-22(15)31-20-5-3-4-18-19(20)10-11-21(18)30-17-8-6-16(7-9-17)23-13-24(28)27-32-23/h3-9,12-14,21H,10-11H2,1-2H3,(H,27,28)/t21-/m1/s1. The molecule has 0 aliphatic heterocycles. The highest BCUT2D eigenvalue weighted by atomic mass is 32.1. The van der Waals surface area contributed by atoms with Crippen molar-refractivity contribution in [2.24, 2.45) is 0 Å². The molecule has 32 heavy (non-hydrogen) atoms. The summed E-state index contributed by atoms with van der Waals surface area (Å²) in [5.74, 6) is 2.92. The van der Waals surface area contributed by atoms with Crippen molar-refractivity contribution in [3.8, 4) is 33.6 Å². The maximum absolute atomic E-state index is 11.4. The number of nitrogens with zero attached hydrogens (tertiary/aromatic N) is 1. The molecule has 1 N–H and O–H groups in total. The minimum atomic E-state index is -0.0773. The van der Waals surface area contributed by atoms with E-state index in [1.54, 1.807) is 19.4 Å². The molecule has 1 atom stereocenters. The minimum absolute atomic E-state index is 0.0298. The van der Waals surface area contributed by atoms with Crippen LogP contribution in [0.25, 0.3) is 10.4 Å². The zero-order valence-electron chi connectivity index (χ0n) is 17.8. The summed E-state index contributed by atoms with van der Waals surface area (Å²) < 4.78 is 20.4. The van der Waals surface area contributed by atoms with Gasteiger partial charge in [-0.3, -0.25) is 9.17 Å². The first-order valence-electron chi connectivity index (χ1n) is 10.4. The molecular formula is C25H22N2O4S. The topological polar surface area (TPSA) is 73.4 Å². The van der Waals surface area contributed by atoms with Gasteiger partial charge in [0.05, 0.1) is 18.2 Å². The van der Waals surface area contributed by atoms with E-state index in [2.05, 4.69) is 15.4 Å². The lowest BCUT2D eigenvalue weighted by molar-refractivity contribution is 0.207. The summed E-state index contributed by atoms with van der Waals surface area (Å²) in [7, 11) is 1.60. The Balaban J connectivity index is 1.34. The fraction of sp³-hybridized carbons (Fsp3) is 0.200. The molecule has 162 valence electrons. The molecule has 0 radical (unpaired) electrons. The predicted molar refractivity (Wildman–Crippen MR) is 124 cm³/mol. The maximum atomic E-state index is 11.4. The largest absolute Gasteiger partial charge is 0.486 e. The molecule has 0 bridgehead atoms. The zero-order valence-corrected chi connectivity index (χ0v) is 18.6. The third-order valence-corrected chi connectivity index (χ3v) is 6.46. The summed E-state index contributed by atoms with van der Waals surface area (Å²) in [4.78, 5) is 16.6. The summed E-state index contributed by atoms with van der Waals surface area (Å²) in [6, 6.07) is 17.4. The molecule has 0 saturated heterocycles. The first-order chi connectivity index (χ1) is 15.6. The number of fused-ring (bicyclic) bond motifs is 1. The van der Waals surface area contributed by atoms with Gasteiger partial charge < -0.3 is 14.2 Å². The second-order valence-corrected chi connectivity index (χ2v) is 8.51. The molecular weight excluding hydrogens is 424 g/mol. The van der Waals surface area contributed by atoms with Crippen LogP contribution in [0.3, 0.4) is 0 Å². The number of aryl methyl sites for hydroxylation is 1. The Morgan fingerprint density at radius 3 is 2.66 bits per heavy atom. The van der Waals surface area contributed by atoms with E-state index in [0.29, 0.717) is 11.6 Å². The van der Waals surface area contributed by atoms with E-state index in [9.17, 15) is 4.79 Å². The molecule has 7 heteroatoms. The highest BCUT2D eigenvalue weighted by Gasteiger charge is 2.27. The molecule has 4 aromatic rings. The number of benzene rings is 2. The van der Waals surface area contributed by atoms with Crippen LogP contribution in [0.2, 0.25) is 0 Å². The van der Waals surface area contributed by atoms with Crippen molar-refractivity contribution in [3.63, 3.8) is 0 Å². The number of nitrogens with one attached hydrogen (secondary N) is 1. The van der Waals surface area contributed by atoms with Gasteiger partial charge in [0, 0.05) is 17.7 Å². The third kappa shape index (κ3) is 3.99. The molecule has 1 aliphatic carbocycles. The van der Waals surface area contributed by atoms with Crippen molar-refractivity contribution >= 4 is 11.5 Å². The number of aromatic amines is 1. The first-order valence-corrected chi connectivity index (χ1v) is 11.2. The molecule has 2 aromatic carbocycles. The number of methoxy groups -OCH3 is 1. The maximum Gasteiger partial charge on any atom is 0.258 e. The number of hydrogen-bond acceptors (Lipinski definition) is 6. The van der Waals surface area contributed by atoms with Gasteiger partial charge in [0.25, 0.3) is 5.56 Å². The molecule has 5 rings (SSSR count). The Labute approximate surface area is 189 Å². The quantitative estimate of drug-likeness (QED) is 0.413. The Hall–Kier alpha value is -3.58. The van der Waals surface area contributed by atoms with Crippen LogP contribution in [0.1, 0.15) is 29.2 Å². The molecule has 2 aromatic heterocycles. The number of hydrogen-bond donors (Lipinski definition) is 1. The predicted octanol–water partition coefficient (Wildman–Crippen LogP) is 5.67. The van der Waals surface area contributed by atoms with Gasteiger partial charge in [-0.2, -0.15) is 0 Å². The van der Waals surface area contributed by atoms with Gasteiger partial charge in [-0.1, -0.05) is 23.7 Å². The lowest BCUT2D eigenvalue weighted by Crippen LogP contribution is -2.03. The van der Waals surface area contributed by atoms with E-state index in [1.807, 2.05) is 49.4 Å². The lowest BCUT2D eigenvalue weighted by Gasteiger charge is -2.16. The molecule has 0 amide bonds. The van der Waals surface area contributed by atoms with Crippen molar-refractivity contribution in [2.75, 3.05) is 7.11 Å². The Morgan fingerprint density at radius 2 is 1.94 bits per heavy atom. The Bertz CT molecular complexity index is 1310. The number of pyridine rings is 1. The SMILES string of the molecule is COc1cc(C)c(Oc2cccc3c2CC[C@H]3Oc2ccc(-c3cc(=O)[nH]s3)cc2)cn1. The van der Waals surface area contributed by atoms with Gasteiger partial charge in [0.15, 0.2) is 0 Å². The third-order valence-electron chi connectivity index (χ3n) is 5.58. The molecule has 0 spiro atoms. The van der Waals surface area contributed by atoms with Gasteiger partial charge in [-0.15, -0.1) is 0 Å². The van der Waals surface area contributed by atoms with E-state index < -0.39 is 0 Å². The van der Waals surface area contributed by atoms with Crippen LogP contribution in [0.5, 0.6) is 23.1 Å². The average molecular weight is 447 g/mol. The van der Waals surface area contributed by atoms with Crippen molar-refractivity contribution in [3.05, 3.63) is 87.8 Å². The van der Waals surface area contributed by atoms with Crippen LogP contribution in [0.15, 0.2) is 65.6 Å². The Kier molecular flexibility index (Phi) is 5.41. The van der Waals surface area contributed by atoms with Gasteiger partial charge in [0.1, 0.15) is 23.4 Å². The summed E-state index contributed by atoms with van der Waals surface area (Å²) in [5, 5.41) is 0. The van der Waals surface area contributed by atoms with Crippen molar-refractivity contribution in [1.29, 1.82) is 0 Å². The molecule has 6 nitrogen and oxygen atoms in total. The summed E-state index contributed by atoms with van der Waals surface area (Å²) >= 11 is 1.33. The molecule has 2 heterocycles. The van der Waals surface area contributed by atoms with Crippen molar-refractivity contribution in [2.45, 2.75) is 25.9 Å². The highest BCUT2D eigenvalue weighted by Crippen LogP contribution is 2.41. The summed E-state index contributed by atoms with van der Waals surface area (Å²) in [6.45, 7) is 1.98. The second-order valence-electron chi connectivity index (χ2n) is 7.66. The lowest BCUT2D eigenvalue weighted by atomic mass is 10.1. The number of ether oxygens (including phenoxy) is 3. The van der Waals surface area contributed by atoms with Gasteiger partial charge in [0.2, 0.25) is 5.88 Å². The van der Waals surface area contributed by atoms with E-state index in [0.717, 1.165) is 45.9 Å². The average Bonchev–Trinajstić information content (AvgIpc) is 3.43. The normalized spacial score (nSPS) is 14.8. The van der Waals surface area contributed by atoms with Crippen LogP contribution < -0.4 is 19.8 Å². The van der Waals surface area contributed by atoms with Crippen LogP contribution in [-0.4, -0.2) is 16.5 Å². The number of H-pyrrole nitrogens is 1. The molecule has 1 aliphatic rings. The molecule has 0 unspecified atom stereocenters. The van der Waals surface area contributed by atoms with Crippen molar-refractivity contribution in [1.82, 2.24) is 9.36 Å². The van der Waals surface area contributed by atoms with E-state index in [4.69, 9.17) is 14.2 Å². The van der Waals surface area contributed by atoms with Crippen LogP contribution >= 0.6 is 11.5 Å². The summed E-state index contributed by atoms with van der Waals surface area (Å²) in [5.41, 5.74) is 4.20. The first kappa shape index (κ1) is 20.3. The monoisotopic (exact) mass is 446 g/mol. The number of rotatable bonds is 6.